The zero-order valence-electron chi connectivity index (χ0n) is 34.2. The molecule has 0 nitrogen and oxygen atoms in total. The van der Waals surface area contributed by atoms with Gasteiger partial charge in [0.05, 0.1) is 0 Å². The van der Waals surface area contributed by atoms with Crippen LogP contribution >= 0.6 is 0 Å². The highest BCUT2D eigenvalue weighted by atomic mass is 14.3. The summed E-state index contributed by atoms with van der Waals surface area (Å²) in [6, 6.07) is 79.1. The summed E-state index contributed by atoms with van der Waals surface area (Å²) < 4.78 is 0. The van der Waals surface area contributed by atoms with E-state index in [0.717, 1.165) is 11.1 Å². The summed E-state index contributed by atoms with van der Waals surface area (Å²) in [5.74, 6) is 0. The quantitative estimate of drug-likeness (QED) is 0.147. The zero-order valence-corrected chi connectivity index (χ0v) is 34.2. The molecule has 0 saturated carbocycles. The molecule has 290 valence electrons. The highest BCUT2D eigenvalue weighted by molar-refractivity contribution is 6.08. The molecule has 11 rings (SSSR count). The van der Waals surface area contributed by atoms with Gasteiger partial charge in [-0.2, -0.15) is 0 Å². The molecular weight excluding hydrogens is 745 g/mol. The highest BCUT2D eigenvalue weighted by Crippen LogP contribution is 2.47. The van der Waals surface area contributed by atoms with Crippen LogP contribution in [0.1, 0.15) is 55.6 Å². The number of hydrogen-bond donors (Lipinski definition) is 0. The molecule has 2 aliphatic carbocycles. The summed E-state index contributed by atoms with van der Waals surface area (Å²) in [6.07, 6.45) is 13.7. The average molecular weight is 787 g/mol. The smallest absolute Gasteiger partial charge is 0.00928 e. The predicted octanol–water partition coefficient (Wildman–Crippen LogP) is 16.5. The minimum absolute atomic E-state index is 1.15. The molecule has 0 saturated heterocycles. The van der Waals surface area contributed by atoms with E-state index >= 15 is 0 Å². The minimum Gasteiger partial charge on any atom is -0.0616 e. The zero-order chi connectivity index (χ0) is 41.2. The number of rotatable bonds is 6. The van der Waals surface area contributed by atoms with Crippen LogP contribution in [0.15, 0.2) is 218 Å². The third kappa shape index (κ3) is 6.88. The molecule has 0 heteroatoms. The van der Waals surface area contributed by atoms with Gasteiger partial charge in [-0.15, -0.1) is 0 Å². The first-order valence-electron chi connectivity index (χ1n) is 21.4. The lowest BCUT2D eigenvalue weighted by molar-refractivity contribution is 1.56. The molecule has 0 radical (unpaired) electrons. The van der Waals surface area contributed by atoms with Crippen molar-refractivity contribution in [2.24, 2.45) is 0 Å². The van der Waals surface area contributed by atoms with E-state index in [1.807, 2.05) is 0 Å². The van der Waals surface area contributed by atoms with Crippen LogP contribution in [-0.2, 0) is 0 Å². The summed E-state index contributed by atoms with van der Waals surface area (Å²) in [4.78, 5) is 0. The summed E-state index contributed by atoms with van der Waals surface area (Å²) in [5, 5.41) is 0. The Bertz CT molecular complexity index is 2920. The fourth-order valence-corrected chi connectivity index (χ4v) is 9.31. The second kappa shape index (κ2) is 16.2. The van der Waals surface area contributed by atoms with Gasteiger partial charge in [-0.3, -0.25) is 0 Å². The van der Waals surface area contributed by atoms with Gasteiger partial charge >= 0.3 is 0 Å². The van der Waals surface area contributed by atoms with Gasteiger partial charge in [0.2, 0.25) is 0 Å². The van der Waals surface area contributed by atoms with E-state index in [9.17, 15) is 0 Å². The van der Waals surface area contributed by atoms with E-state index in [0.29, 0.717) is 0 Å². The van der Waals surface area contributed by atoms with Crippen molar-refractivity contribution in [3.8, 4) is 44.5 Å². The van der Waals surface area contributed by atoms with Crippen LogP contribution in [0.5, 0.6) is 0 Å². The Morgan fingerprint density at radius 3 is 0.661 bits per heavy atom. The number of hydrogen-bond acceptors (Lipinski definition) is 0. The molecule has 0 aliphatic heterocycles. The van der Waals surface area contributed by atoms with E-state index in [2.05, 4.69) is 255 Å². The molecule has 0 bridgehead atoms. The standard InChI is InChI=1S/C62H42/c1-3-19-47(41-61-57-29-13-9-25-53(57)49-21-5-6-22-50(49)54-26-10-14-30-58(54)61)45(17-1)39-37-43-33-35-44(36-34-43)38-40-46-18-2-4-20-48(46)42-62-59-31-15-11-27-55(59)51-23-7-8-24-52(51)56-28-12-16-32-60(56)62/h1-42H. The van der Waals surface area contributed by atoms with Gasteiger partial charge in [0.1, 0.15) is 0 Å². The average Bonchev–Trinajstić information content (AvgIpc) is 3.53. The second-order valence-electron chi connectivity index (χ2n) is 16.0. The first-order valence-corrected chi connectivity index (χ1v) is 21.4. The van der Waals surface area contributed by atoms with Gasteiger partial charge in [0.15, 0.2) is 0 Å². The normalized spacial score (nSPS) is 12.3. The van der Waals surface area contributed by atoms with Gasteiger partial charge in [-0.1, -0.05) is 243 Å². The van der Waals surface area contributed by atoms with Crippen molar-refractivity contribution in [3.63, 3.8) is 0 Å². The van der Waals surface area contributed by atoms with Crippen LogP contribution < -0.4 is 0 Å². The molecule has 0 atom stereocenters. The van der Waals surface area contributed by atoms with Crippen LogP contribution in [0, 0.1) is 0 Å². The molecule has 9 aromatic rings. The Balaban J connectivity index is 0.891. The van der Waals surface area contributed by atoms with E-state index < -0.39 is 0 Å². The van der Waals surface area contributed by atoms with Crippen LogP contribution in [-0.4, -0.2) is 0 Å². The summed E-state index contributed by atoms with van der Waals surface area (Å²) in [5.41, 5.74) is 24.6. The Morgan fingerprint density at radius 2 is 0.387 bits per heavy atom. The van der Waals surface area contributed by atoms with Gasteiger partial charge in [0, 0.05) is 0 Å². The van der Waals surface area contributed by atoms with Crippen LogP contribution in [0.4, 0.5) is 0 Å². The van der Waals surface area contributed by atoms with Gasteiger partial charge in [-0.25, -0.2) is 0 Å². The molecule has 0 heterocycles. The first kappa shape index (κ1) is 37.0. The van der Waals surface area contributed by atoms with Crippen molar-refractivity contribution >= 4 is 47.6 Å². The van der Waals surface area contributed by atoms with Crippen molar-refractivity contribution in [1.29, 1.82) is 0 Å². The summed E-state index contributed by atoms with van der Waals surface area (Å²) in [7, 11) is 0. The van der Waals surface area contributed by atoms with Crippen molar-refractivity contribution < 1.29 is 0 Å². The van der Waals surface area contributed by atoms with Crippen LogP contribution in [0.25, 0.3) is 92.1 Å². The molecule has 0 fully saturated rings. The van der Waals surface area contributed by atoms with E-state index in [-0.39, 0.29) is 0 Å². The SMILES string of the molecule is C(=Cc1ccccc1C=C1c2ccccc2-c2ccccc2-c2ccccc21)c1ccc(C=Cc2ccccc2C=C2c3ccccc3-c3ccccc3-c3ccccc32)cc1. The molecule has 0 N–H and O–H groups in total. The Morgan fingerprint density at radius 1 is 0.177 bits per heavy atom. The van der Waals surface area contributed by atoms with E-state index in [1.54, 1.807) is 0 Å². The summed E-state index contributed by atoms with van der Waals surface area (Å²) >= 11 is 0. The topological polar surface area (TPSA) is 0 Å². The maximum atomic E-state index is 2.37. The molecule has 0 unspecified atom stereocenters. The number of fused-ring (bicyclic) bond motifs is 10. The molecule has 9 aromatic carbocycles. The maximum Gasteiger partial charge on any atom is -0.00928 e. The minimum atomic E-state index is 1.15. The van der Waals surface area contributed by atoms with Gasteiger partial charge in [0.25, 0.3) is 0 Å². The molecule has 0 aromatic heterocycles. The lowest BCUT2D eigenvalue weighted by atomic mass is 9.90. The first-order chi connectivity index (χ1) is 30.8. The molecular formula is C62H42. The highest BCUT2D eigenvalue weighted by Gasteiger charge is 2.24. The third-order valence-electron chi connectivity index (χ3n) is 12.3. The monoisotopic (exact) mass is 786 g/mol. The molecule has 2 aliphatic rings. The van der Waals surface area contributed by atoms with Crippen LogP contribution in [0.2, 0.25) is 0 Å². The van der Waals surface area contributed by atoms with Gasteiger partial charge in [-0.05, 0) is 123 Å². The largest absolute Gasteiger partial charge is 0.0616 e. The molecule has 0 amide bonds. The van der Waals surface area contributed by atoms with Gasteiger partial charge < -0.3 is 0 Å². The lowest BCUT2D eigenvalue weighted by Crippen LogP contribution is -1.91. The van der Waals surface area contributed by atoms with Crippen molar-refractivity contribution in [1.82, 2.24) is 0 Å². The Labute approximate surface area is 364 Å². The van der Waals surface area contributed by atoms with Crippen molar-refractivity contribution in [3.05, 3.63) is 274 Å². The Hall–Kier alpha value is -8.06. The fraction of sp³-hybridized carbons (Fsp3) is 0. The van der Waals surface area contributed by atoms with E-state index in [1.165, 1.54) is 100 Å². The third-order valence-corrected chi connectivity index (χ3v) is 12.3. The predicted molar refractivity (Wildman–Crippen MR) is 266 cm³/mol. The van der Waals surface area contributed by atoms with E-state index in [4.69, 9.17) is 0 Å². The number of benzene rings is 9. The van der Waals surface area contributed by atoms with Crippen molar-refractivity contribution in [2.75, 3.05) is 0 Å². The lowest BCUT2D eigenvalue weighted by Gasteiger charge is -2.13. The maximum absolute atomic E-state index is 2.37. The van der Waals surface area contributed by atoms with Crippen LogP contribution in [0.3, 0.4) is 0 Å². The second-order valence-corrected chi connectivity index (χ2v) is 16.0. The summed E-state index contributed by atoms with van der Waals surface area (Å²) in [6.45, 7) is 0. The Kier molecular flexibility index (Phi) is 9.65. The molecule has 0 spiro atoms. The van der Waals surface area contributed by atoms with Crippen molar-refractivity contribution in [2.45, 2.75) is 0 Å². The fourth-order valence-electron chi connectivity index (χ4n) is 9.31. The molecule has 62 heavy (non-hydrogen) atoms.